The summed E-state index contributed by atoms with van der Waals surface area (Å²) in [5.74, 6) is -0.474. The summed E-state index contributed by atoms with van der Waals surface area (Å²) in [4.78, 5) is 11.9. The van der Waals surface area contributed by atoms with Crippen LogP contribution in [-0.2, 0) is 24.8 Å². The fourth-order valence-electron chi connectivity index (χ4n) is 3.37. The SMILES string of the molecule is COc1ccc(N2C(=O)CCS2(=O)=O)cc1S(=O)(=O)N1CCC[C@H](C)C1. The van der Waals surface area contributed by atoms with E-state index in [1.807, 2.05) is 6.92 Å². The minimum atomic E-state index is -3.87. The number of nitrogens with zero attached hydrogens (tertiary/aromatic N) is 2. The maximum Gasteiger partial charge on any atom is 0.246 e. The van der Waals surface area contributed by atoms with Crippen molar-refractivity contribution in [3.8, 4) is 5.75 Å². The first-order chi connectivity index (χ1) is 12.2. The maximum absolute atomic E-state index is 13.1. The number of carbonyl (C=O) groups is 1. The van der Waals surface area contributed by atoms with E-state index in [1.165, 1.54) is 29.6 Å². The van der Waals surface area contributed by atoms with Gasteiger partial charge in [-0.15, -0.1) is 0 Å². The molecule has 10 heteroatoms. The van der Waals surface area contributed by atoms with E-state index in [0.717, 1.165) is 12.8 Å². The lowest BCUT2D eigenvalue weighted by Gasteiger charge is -2.30. The van der Waals surface area contributed by atoms with Gasteiger partial charge in [0, 0.05) is 19.5 Å². The van der Waals surface area contributed by atoms with Crippen molar-refractivity contribution in [1.82, 2.24) is 4.31 Å². The lowest BCUT2D eigenvalue weighted by atomic mass is 10.0. The quantitative estimate of drug-likeness (QED) is 0.750. The van der Waals surface area contributed by atoms with Crippen LogP contribution in [0.15, 0.2) is 23.1 Å². The average Bonchev–Trinajstić information content (AvgIpc) is 2.87. The molecule has 0 unspecified atom stereocenters. The highest BCUT2D eigenvalue weighted by Gasteiger charge is 2.38. The molecular weight excluding hydrogens is 380 g/mol. The number of methoxy groups -OCH3 is 1. The molecule has 2 aliphatic heterocycles. The summed E-state index contributed by atoms with van der Waals surface area (Å²) in [6.45, 7) is 2.79. The fraction of sp³-hybridized carbons (Fsp3) is 0.562. The molecule has 144 valence electrons. The lowest BCUT2D eigenvalue weighted by molar-refractivity contribution is -0.116. The molecule has 8 nitrogen and oxygen atoms in total. The van der Waals surface area contributed by atoms with Crippen molar-refractivity contribution in [2.45, 2.75) is 31.1 Å². The predicted octanol–water partition coefficient (Wildman–Crippen LogP) is 1.18. The summed E-state index contributed by atoms with van der Waals surface area (Å²) in [5, 5.41) is 0. The summed E-state index contributed by atoms with van der Waals surface area (Å²) >= 11 is 0. The zero-order valence-electron chi connectivity index (χ0n) is 14.7. The number of piperidine rings is 1. The van der Waals surface area contributed by atoms with Crippen molar-refractivity contribution in [2.24, 2.45) is 5.92 Å². The maximum atomic E-state index is 13.1. The highest BCUT2D eigenvalue weighted by molar-refractivity contribution is 7.94. The Labute approximate surface area is 153 Å². The van der Waals surface area contributed by atoms with E-state index in [9.17, 15) is 21.6 Å². The lowest BCUT2D eigenvalue weighted by Crippen LogP contribution is -2.39. The molecule has 3 rings (SSSR count). The molecule has 2 fully saturated rings. The highest BCUT2D eigenvalue weighted by Crippen LogP contribution is 2.35. The molecule has 0 saturated carbocycles. The number of amides is 1. The molecule has 0 radical (unpaired) electrons. The van der Waals surface area contributed by atoms with Crippen LogP contribution >= 0.6 is 0 Å². The zero-order chi connectivity index (χ0) is 19.1. The molecule has 0 N–H and O–H groups in total. The number of hydrogen-bond acceptors (Lipinski definition) is 6. The van der Waals surface area contributed by atoms with Crippen molar-refractivity contribution in [3.05, 3.63) is 18.2 Å². The van der Waals surface area contributed by atoms with Gasteiger partial charge in [-0.25, -0.2) is 21.1 Å². The minimum Gasteiger partial charge on any atom is -0.495 e. The highest BCUT2D eigenvalue weighted by atomic mass is 32.2. The van der Waals surface area contributed by atoms with Gasteiger partial charge in [0.05, 0.1) is 18.6 Å². The number of sulfonamides is 2. The molecule has 0 aliphatic carbocycles. The number of anilines is 1. The molecular formula is C16H22N2O6S2. The predicted molar refractivity (Wildman–Crippen MR) is 96.0 cm³/mol. The number of rotatable bonds is 4. The van der Waals surface area contributed by atoms with Crippen molar-refractivity contribution in [1.29, 1.82) is 0 Å². The summed E-state index contributed by atoms with van der Waals surface area (Å²) in [5.41, 5.74) is 0.0249. The molecule has 2 aliphatic rings. The third-order valence-electron chi connectivity index (χ3n) is 4.70. The summed E-state index contributed by atoms with van der Waals surface area (Å²) < 4.78 is 57.8. The van der Waals surface area contributed by atoms with Gasteiger partial charge in [0.2, 0.25) is 26.0 Å². The van der Waals surface area contributed by atoms with Crippen molar-refractivity contribution >= 4 is 31.6 Å². The first kappa shape index (κ1) is 19.1. The number of carbonyl (C=O) groups excluding carboxylic acids is 1. The van der Waals surface area contributed by atoms with E-state index < -0.39 is 26.0 Å². The molecule has 2 saturated heterocycles. The van der Waals surface area contributed by atoms with Gasteiger partial charge in [-0.1, -0.05) is 6.92 Å². The van der Waals surface area contributed by atoms with Crippen LogP contribution in [0, 0.1) is 5.92 Å². The van der Waals surface area contributed by atoms with Crippen molar-refractivity contribution < 1.29 is 26.4 Å². The van der Waals surface area contributed by atoms with Gasteiger partial charge in [0.1, 0.15) is 10.6 Å². The summed E-state index contributed by atoms with van der Waals surface area (Å²) in [6, 6.07) is 3.99. The van der Waals surface area contributed by atoms with Gasteiger partial charge in [-0.3, -0.25) is 4.79 Å². The van der Waals surface area contributed by atoms with Crippen LogP contribution in [0.25, 0.3) is 0 Å². The summed E-state index contributed by atoms with van der Waals surface area (Å²) in [7, 11) is -6.29. The van der Waals surface area contributed by atoms with Crippen molar-refractivity contribution in [2.75, 3.05) is 30.3 Å². The van der Waals surface area contributed by atoms with Gasteiger partial charge in [-0.2, -0.15) is 4.31 Å². The Morgan fingerprint density at radius 1 is 1.27 bits per heavy atom. The molecule has 0 aromatic heterocycles. The molecule has 2 heterocycles. The van der Waals surface area contributed by atoms with E-state index in [0.29, 0.717) is 17.4 Å². The van der Waals surface area contributed by atoms with Crippen LogP contribution < -0.4 is 9.04 Å². The van der Waals surface area contributed by atoms with E-state index in [1.54, 1.807) is 0 Å². The van der Waals surface area contributed by atoms with Gasteiger partial charge in [-0.05, 0) is 37.0 Å². The Balaban J connectivity index is 2.08. The Morgan fingerprint density at radius 2 is 2.00 bits per heavy atom. The zero-order valence-corrected chi connectivity index (χ0v) is 16.3. The van der Waals surface area contributed by atoms with E-state index >= 15 is 0 Å². The topological polar surface area (TPSA) is 101 Å². The Morgan fingerprint density at radius 3 is 2.58 bits per heavy atom. The molecule has 26 heavy (non-hydrogen) atoms. The smallest absolute Gasteiger partial charge is 0.246 e. The second-order valence-corrected chi connectivity index (χ2v) is 10.5. The van der Waals surface area contributed by atoms with E-state index in [2.05, 4.69) is 0 Å². The largest absolute Gasteiger partial charge is 0.495 e. The number of ether oxygens (including phenoxy) is 1. The normalized spacial score (nSPS) is 24.0. The molecule has 1 aromatic rings. The molecule has 1 amide bonds. The molecule has 1 aromatic carbocycles. The Kier molecular flexibility index (Phi) is 5.02. The van der Waals surface area contributed by atoms with E-state index in [4.69, 9.17) is 4.74 Å². The Hall–Kier alpha value is -1.65. The standard InChI is InChI=1S/C16H22N2O6S2/c1-12-4-3-8-17(11-12)26(22,23)15-10-13(5-6-14(15)24-2)18-16(19)7-9-25(18,20)21/h5-6,10,12H,3-4,7-9,11H2,1-2H3/t12-/m0/s1. The molecule has 0 spiro atoms. The van der Waals surface area contributed by atoms with Crippen LogP contribution in [0.1, 0.15) is 26.2 Å². The average molecular weight is 402 g/mol. The van der Waals surface area contributed by atoms with Gasteiger partial charge in [0.15, 0.2) is 0 Å². The van der Waals surface area contributed by atoms with Crippen molar-refractivity contribution in [3.63, 3.8) is 0 Å². The third-order valence-corrected chi connectivity index (χ3v) is 8.28. The van der Waals surface area contributed by atoms with Gasteiger partial charge >= 0.3 is 0 Å². The first-order valence-electron chi connectivity index (χ1n) is 8.41. The second-order valence-electron chi connectivity index (χ2n) is 6.67. The first-order valence-corrected chi connectivity index (χ1v) is 11.5. The molecule has 1 atom stereocenters. The van der Waals surface area contributed by atoms with Crippen LogP contribution in [0.5, 0.6) is 5.75 Å². The van der Waals surface area contributed by atoms with Crippen LogP contribution in [0.3, 0.4) is 0 Å². The monoisotopic (exact) mass is 402 g/mol. The third kappa shape index (κ3) is 3.33. The number of benzene rings is 1. The van der Waals surface area contributed by atoms with Crippen LogP contribution in [0.2, 0.25) is 0 Å². The number of hydrogen-bond donors (Lipinski definition) is 0. The second kappa shape index (κ2) is 6.82. The summed E-state index contributed by atoms with van der Waals surface area (Å²) in [6.07, 6.45) is 1.62. The van der Waals surface area contributed by atoms with E-state index in [-0.39, 0.29) is 34.4 Å². The van der Waals surface area contributed by atoms with Gasteiger partial charge < -0.3 is 4.74 Å². The molecule has 0 bridgehead atoms. The van der Waals surface area contributed by atoms with Crippen LogP contribution in [0.4, 0.5) is 5.69 Å². The minimum absolute atomic E-state index is 0.0249. The van der Waals surface area contributed by atoms with Gasteiger partial charge in [0.25, 0.3) is 0 Å². The fourth-order valence-corrected chi connectivity index (χ4v) is 6.59. The van der Waals surface area contributed by atoms with Crippen LogP contribution in [-0.4, -0.2) is 53.0 Å². The Bertz CT molecular complexity index is 926.